The molecule has 0 radical (unpaired) electrons. The number of aromatic nitrogens is 4. The molecule has 6 nitrogen and oxygen atoms in total. The van der Waals surface area contributed by atoms with Crippen LogP contribution in [0.1, 0.15) is 56.1 Å². The molecular formula is C17H27N5OS. The Labute approximate surface area is 146 Å². The van der Waals surface area contributed by atoms with Gasteiger partial charge in [0.05, 0.1) is 12.2 Å². The van der Waals surface area contributed by atoms with Crippen LogP contribution in [0.4, 0.5) is 0 Å². The zero-order valence-corrected chi connectivity index (χ0v) is 15.6. The summed E-state index contributed by atoms with van der Waals surface area (Å²) in [7, 11) is 0. The van der Waals surface area contributed by atoms with E-state index in [4.69, 9.17) is 4.98 Å². The average Bonchev–Trinajstić information content (AvgIpc) is 3.16. The van der Waals surface area contributed by atoms with Gasteiger partial charge < -0.3 is 0 Å². The number of hydrogen-bond donors (Lipinski definition) is 1. The summed E-state index contributed by atoms with van der Waals surface area (Å²) in [6, 6.07) is 0. The first-order valence-corrected chi connectivity index (χ1v) is 9.75. The molecule has 0 unspecified atom stereocenters. The van der Waals surface area contributed by atoms with Gasteiger partial charge in [0, 0.05) is 18.3 Å². The minimum absolute atomic E-state index is 0.0883. The van der Waals surface area contributed by atoms with Gasteiger partial charge in [-0.15, -0.1) is 11.3 Å². The van der Waals surface area contributed by atoms with Gasteiger partial charge in [0.25, 0.3) is 0 Å². The van der Waals surface area contributed by atoms with E-state index in [1.165, 1.54) is 10.7 Å². The van der Waals surface area contributed by atoms with Gasteiger partial charge in [-0.25, -0.2) is 14.9 Å². The highest BCUT2D eigenvalue weighted by molar-refractivity contribution is 7.09. The highest BCUT2D eigenvalue weighted by atomic mass is 32.1. The lowest BCUT2D eigenvalue weighted by Gasteiger charge is -2.31. The summed E-state index contributed by atoms with van der Waals surface area (Å²) in [5.74, 6) is 2.03. The van der Waals surface area contributed by atoms with E-state index >= 15 is 0 Å². The Hall–Kier alpha value is -1.47. The van der Waals surface area contributed by atoms with E-state index in [0.717, 1.165) is 44.7 Å². The second-order valence-electron chi connectivity index (χ2n) is 6.93. The van der Waals surface area contributed by atoms with Crippen molar-refractivity contribution in [1.82, 2.24) is 24.6 Å². The lowest BCUT2D eigenvalue weighted by molar-refractivity contribution is 0.175. The van der Waals surface area contributed by atoms with Crippen molar-refractivity contribution < 1.29 is 0 Å². The molecule has 0 bridgehead atoms. The van der Waals surface area contributed by atoms with Gasteiger partial charge in [-0.3, -0.25) is 9.47 Å². The quantitative estimate of drug-likeness (QED) is 0.870. The largest absolute Gasteiger partial charge is 0.343 e. The van der Waals surface area contributed by atoms with E-state index in [0.29, 0.717) is 18.4 Å². The van der Waals surface area contributed by atoms with Gasteiger partial charge in [0.1, 0.15) is 10.8 Å². The number of H-pyrrole nitrogens is 1. The molecule has 1 saturated heterocycles. The minimum atomic E-state index is -0.0883. The van der Waals surface area contributed by atoms with Gasteiger partial charge in [0.2, 0.25) is 0 Å². The second kappa shape index (κ2) is 7.61. The molecule has 0 saturated carbocycles. The number of hydrogen-bond acceptors (Lipinski definition) is 5. The maximum atomic E-state index is 11.6. The van der Waals surface area contributed by atoms with Gasteiger partial charge in [0.15, 0.2) is 0 Å². The first kappa shape index (κ1) is 17.4. The molecule has 2 aromatic heterocycles. The number of nitrogens with zero attached hydrogens (tertiary/aromatic N) is 4. The zero-order valence-electron chi connectivity index (χ0n) is 14.8. The molecular weight excluding hydrogens is 322 g/mol. The maximum Gasteiger partial charge on any atom is 0.343 e. The fraction of sp³-hybridized carbons (Fsp3) is 0.706. The minimum Gasteiger partial charge on any atom is -0.297 e. The van der Waals surface area contributed by atoms with Crippen LogP contribution in [0.2, 0.25) is 0 Å². The predicted molar refractivity (Wildman–Crippen MR) is 96.4 cm³/mol. The third-order valence-electron chi connectivity index (χ3n) is 4.85. The average molecular weight is 350 g/mol. The molecule has 0 aliphatic carbocycles. The first-order valence-electron chi connectivity index (χ1n) is 8.87. The van der Waals surface area contributed by atoms with Crippen molar-refractivity contribution >= 4 is 11.3 Å². The van der Waals surface area contributed by atoms with Gasteiger partial charge >= 0.3 is 5.69 Å². The van der Waals surface area contributed by atoms with E-state index in [1.54, 1.807) is 15.9 Å². The van der Waals surface area contributed by atoms with Crippen LogP contribution in [-0.4, -0.2) is 37.7 Å². The Balaban J connectivity index is 1.51. The van der Waals surface area contributed by atoms with Crippen molar-refractivity contribution in [1.29, 1.82) is 0 Å². The van der Waals surface area contributed by atoms with Gasteiger partial charge in [-0.2, -0.15) is 5.10 Å². The standard InChI is InChI=1S/C17H27N5OS/c1-4-22-15(19-20-17(22)23)9-13-5-7-21(8-6-13)10-16-18-14(11-24-16)12(2)3/h11-13H,4-10H2,1-3H3,(H,20,23). The van der Waals surface area contributed by atoms with E-state index < -0.39 is 0 Å². The Morgan fingerprint density at radius 1 is 1.38 bits per heavy atom. The molecule has 7 heteroatoms. The molecule has 0 aromatic carbocycles. The monoisotopic (exact) mass is 349 g/mol. The summed E-state index contributed by atoms with van der Waals surface area (Å²) in [4.78, 5) is 18.9. The van der Waals surface area contributed by atoms with Crippen LogP contribution in [0.15, 0.2) is 10.2 Å². The molecule has 0 amide bonds. The van der Waals surface area contributed by atoms with Gasteiger partial charge in [-0.1, -0.05) is 13.8 Å². The molecule has 132 valence electrons. The van der Waals surface area contributed by atoms with E-state index in [-0.39, 0.29) is 5.69 Å². The van der Waals surface area contributed by atoms with Crippen molar-refractivity contribution in [2.24, 2.45) is 5.92 Å². The lowest BCUT2D eigenvalue weighted by atomic mass is 9.93. The molecule has 0 atom stereocenters. The highest BCUT2D eigenvalue weighted by Crippen LogP contribution is 2.24. The smallest absolute Gasteiger partial charge is 0.297 e. The zero-order chi connectivity index (χ0) is 17.1. The van der Waals surface area contributed by atoms with E-state index in [1.807, 2.05) is 6.92 Å². The normalized spacial score (nSPS) is 17.0. The number of nitrogens with one attached hydrogen (secondary N) is 1. The molecule has 0 spiro atoms. The molecule has 1 N–H and O–H groups in total. The van der Waals surface area contributed by atoms with Crippen molar-refractivity contribution in [2.75, 3.05) is 13.1 Å². The highest BCUT2D eigenvalue weighted by Gasteiger charge is 2.22. The molecule has 1 fully saturated rings. The third-order valence-corrected chi connectivity index (χ3v) is 5.70. The summed E-state index contributed by atoms with van der Waals surface area (Å²) < 4.78 is 1.75. The van der Waals surface area contributed by atoms with Crippen LogP contribution >= 0.6 is 11.3 Å². The Morgan fingerprint density at radius 2 is 2.12 bits per heavy atom. The number of rotatable bonds is 6. The Kier molecular flexibility index (Phi) is 5.50. The molecule has 24 heavy (non-hydrogen) atoms. The van der Waals surface area contributed by atoms with Crippen molar-refractivity contribution in [2.45, 2.75) is 59.0 Å². The number of likely N-dealkylation sites (tertiary alicyclic amines) is 1. The number of aromatic amines is 1. The number of thiazole rings is 1. The summed E-state index contributed by atoms with van der Waals surface area (Å²) in [5, 5.41) is 10.2. The van der Waals surface area contributed by atoms with Crippen LogP contribution in [0.3, 0.4) is 0 Å². The molecule has 3 rings (SSSR count). The number of piperidine rings is 1. The van der Waals surface area contributed by atoms with Crippen molar-refractivity contribution in [3.8, 4) is 0 Å². The lowest BCUT2D eigenvalue weighted by Crippen LogP contribution is -2.34. The van der Waals surface area contributed by atoms with Crippen molar-refractivity contribution in [3.05, 3.63) is 32.4 Å². The van der Waals surface area contributed by atoms with Crippen LogP contribution in [0.5, 0.6) is 0 Å². The summed E-state index contributed by atoms with van der Waals surface area (Å²) >= 11 is 1.78. The fourth-order valence-electron chi connectivity index (χ4n) is 3.29. The predicted octanol–water partition coefficient (Wildman–Crippen LogP) is 2.63. The molecule has 1 aliphatic heterocycles. The van der Waals surface area contributed by atoms with E-state index in [2.05, 4.69) is 34.3 Å². The fourth-order valence-corrected chi connectivity index (χ4v) is 4.29. The summed E-state index contributed by atoms with van der Waals surface area (Å²) in [6.07, 6.45) is 3.22. The third kappa shape index (κ3) is 3.95. The van der Waals surface area contributed by atoms with Crippen LogP contribution in [0.25, 0.3) is 0 Å². The van der Waals surface area contributed by atoms with Crippen LogP contribution in [-0.2, 0) is 19.5 Å². The first-order chi connectivity index (χ1) is 11.6. The molecule has 1 aliphatic rings. The molecule has 2 aromatic rings. The summed E-state index contributed by atoms with van der Waals surface area (Å²) in [6.45, 7) is 10.2. The van der Waals surface area contributed by atoms with Gasteiger partial charge in [-0.05, 0) is 44.7 Å². The topological polar surface area (TPSA) is 66.8 Å². The van der Waals surface area contributed by atoms with E-state index in [9.17, 15) is 4.79 Å². The second-order valence-corrected chi connectivity index (χ2v) is 7.88. The van der Waals surface area contributed by atoms with Crippen LogP contribution in [0, 0.1) is 5.92 Å². The van der Waals surface area contributed by atoms with Crippen LogP contribution < -0.4 is 5.69 Å². The maximum absolute atomic E-state index is 11.6. The summed E-state index contributed by atoms with van der Waals surface area (Å²) in [5.41, 5.74) is 1.12. The Bertz CT molecular complexity index is 709. The SMILES string of the molecule is CCn1c(CC2CCN(Cc3nc(C(C)C)cs3)CC2)n[nH]c1=O. The Morgan fingerprint density at radius 3 is 2.75 bits per heavy atom. The van der Waals surface area contributed by atoms with Crippen molar-refractivity contribution in [3.63, 3.8) is 0 Å². The molecule has 3 heterocycles.